The van der Waals surface area contributed by atoms with Gasteiger partial charge in [-0.3, -0.25) is 0 Å². The van der Waals surface area contributed by atoms with E-state index < -0.39 is 0 Å². The normalized spacial score (nSPS) is 11.1. The van der Waals surface area contributed by atoms with Crippen LogP contribution in [0.5, 0.6) is 0 Å². The SMILES string of the molecule is ClCCc1c(Cl)nc2ccnn2c1Cl. The number of alkyl halides is 1. The topological polar surface area (TPSA) is 30.2 Å². The van der Waals surface area contributed by atoms with Gasteiger partial charge in [0.25, 0.3) is 0 Å². The number of rotatable bonds is 2. The van der Waals surface area contributed by atoms with Gasteiger partial charge in [-0.1, -0.05) is 23.2 Å². The molecule has 2 aromatic heterocycles. The lowest BCUT2D eigenvalue weighted by atomic mass is 10.3. The summed E-state index contributed by atoms with van der Waals surface area (Å²) in [6.07, 6.45) is 2.21. The molecule has 0 aliphatic rings. The number of hydrogen-bond donors (Lipinski definition) is 0. The molecule has 3 nitrogen and oxygen atoms in total. The van der Waals surface area contributed by atoms with Crippen molar-refractivity contribution in [3.63, 3.8) is 0 Å². The number of halogens is 3. The van der Waals surface area contributed by atoms with Crippen LogP contribution in [0.2, 0.25) is 10.3 Å². The van der Waals surface area contributed by atoms with E-state index in [2.05, 4.69) is 10.1 Å². The predicted molar refractivity (Wildman–Crippen MR) is 57.4 cm³/mol. The van der Waals surface area contributed by atoms with E-state index in [1.54, 1.807) is 12.3 Å². The molecule has 0 atom stereocenters. The van der Waals surface area contributed by atoms with Gasteiger partial charge < -0.3 is 0 Å². The third-order valence-electron chi connectivity index (χ3n) is 1.86. The van der Waals surface area contributed by atoms with Crippen LogP contribution in [0.15, 0.2) is 12.3 Å². The van der Waals surface area contributed by atoms with E-state index in [0.717, 1.165) is 5.56 Å². The minimum Gasteiger partial charge on any atom is -0.216 e. The zero-order valence-electron chi connectivity index (χ0n) is 7.04. The molecule has 2 heterocycles. The largest absolute Gasteiger partial charge is 0.216 e. The van der Waals surface area contributed by atoms with Gasteiger partial charge in [-0.25, -0.2) is 9.50 Å². The van der Waals surface area contributed by atoms with Gasteiger partial charge in [-0.05, 0) is 6.42 Å². The molecule has 2 aromatic rings. The summed E-state index contributed by atoms with van der Waals surface area (Å²) < 4.78 is 1.54. The molecule has 14 heavy (non-hydrogen) atoms. The van der Waals surface area contributed by atoms with Crippen molar-refractivity contribution in [2.45, 2.75) is 6.42 Å². The van der Waals surface area contributed by atoms with Crippen LogP contribution in [-0.4, -0.2) is 20.5 Å². The van der Waals surface area contributed by atoms with Crippen molar-refractivity contribution >= 4 is 40.4 Å². The van der Waals surface area contributed by atoms with E-state index in [4.69, 9.17) is 34.8 Å². The average molecular weight is 251 g/mol. The zero-order chi connectivity index (χ0) is 10.1. The number of aromatic nitrogens is 3. The van der Waals surface area contributed by atoms with Crippen molar-refractivity contribution in [3.8, 4) is 0 Å². The first-order valence-corrected chi connectivity index (χ1v) is 5.26. The van der Waals surface area contributed by atoms with Crippen LogP contribution < -0.4 is 0 Å². The van der Waals surface area contributed by atoms with Crippen LogP contribution in [0.25, 0.3) is 5.65 Å². The van der Waals surface area contributed by atoms with Gasteiger partial charge in [0, 0.05) is 17.5 Å². The summed E-state index contributed by atoms with van der Waals surface area (Å²) in [4.78, 5) is 4.14. The highest BCUT2D eigenvalue weighted by atomic mass is 35.5. The number of fused-ring (bicyclic) bond motifs is 1. The Hall–Kier alpha value is -0.510. The summed E-state index contributed by atoms with van der Waals surface area (Å²) >= 11 is 17.7. The van der Waals surface area contributed by atoms with Crippen LogP contribution in [0.3, 0.4) is 0 Å². The molecule has 0 radical (unpaired) electrons. The average Bonchev–Trinajstić information content (AvgIpc) is 2.60. The van der Waals surface area contributed by atoms with E-state index >= 15 is 0 Å². The van der Waals surface area contributed by atoms with Gasteiger partial charge in [-0.15, -0.1) is 11.6 Å². The van der Waals surface area contributed by atoms with Crippen molar-refractivity contribution in [2.24, 2.45) is 0 Å². The van der Waals surface area contributed by atoms with Crippen LogP contribution in [-0.2, 0) is 6.42 Å². The monoisotopic (exact) mass is 249 g/mol. The molecule has 0 spiro atoms. The summed E-state index contributed by atoms with van der Waals surface area (Å²) in [6.45, 7) is 0. The molecular formula is C8H6Cl3N3. The summed E-state index contributed by atoms with van der Waals surface area (Å²) in [5, 5.41) is 4.89. The molecule has 74 valence electrons. The summed E-state index contributed by atoms with van der Waals surface area (Å²) in [5.74, 6) is 0.452. The molecule has 0 N–H and O–H groups in total. The maximum atomic E-state index is 6.08. The number of nitrogens with zero attached hydrogens (tertiary/aromatic N) is 3. The minimum atomic E-state index is 0.392. The molecular weight excluding hydrogens is 244 g/mol. The molecule has 0 saturated heterocycles. The Balaban J connectivity index is 2.69. The van der Waals surface area contributed by atoms with Gasteiger partial charge in [0.1, 0.15) is 10.3 Å². The molecule has 0 saturated carbocycles. The van der Waals surface area contributed by atoms with Crippen molar-refractivity contribution in [2.75, 3.05) is 5.88 Å². The first kappa shape index (κ1) is 10.0. The molecule has 0 aliphatic heterocycles. The Bertz CT molecular complexity index is 466. The third kappa shape index (κ3) is 1.56. The molecule has 2 rings (SSSR count). The van der Waals surface area contributed by atoms with Gasteiger partial charge >= 0.3 is 0 Å². The smallest absolute Gasteiger partial charge is 0.158 e. The lowest BCUT2D eigenvalue weighted by Crippen LogP contribution is -2.00. The van der Waals surface area contributed by atoms with E-state index in [1.807, 2.05) is 0 Å². The molecule has 0 amide bonds. The van der Waals surface area contributed by atoms with E-state index in [0.29, 0.717) is 28.3 Å². The van der Waals surface area contributed by atoms with Crippen LogP contribution in [0.1, 0.15) is 5.56 Å². The summed E-state index contributed by atoms with van der Waals surface area (Å²) in [7, 11) is 0. The third-order valence-corrected chi connectivity index (χ3v) is 2.75. The lowest BCUT2D eigenvalue weighted by Gasteiger charge is -2.05. The first-order chi connectivity index (χ1) is 6.74. The molecule has 0 aliphatic carbocycles. The van der Waals surface area contributed by atoms with Crippen molar-refractivity contribution in [1.82, 2.24) is 14.6 Å². The quantitative estimate of drug-likeness (QED) is 0.606. The molecule has 0 fully saturated rings. The Morgan fingerprint density at radius 3 is 2.86 bits per heavy atom. The fraction of sp³-hybridized carbons (Fsp3) is 0.250. The Kier molecular flexibility index (Phi) is 2.81. The lowest BCUT2D eigenvalue weighted by molar-refractivity contribution is 0.913. The van der Waals surface area contributed by atoms with Crippen LogP contribution in [0.4, 0.5) is 0 Å². The summed E-state index contributed by atoms with van der Waals surface area (Å²) in [6, 6.07) is 1.74. The Morgan fingerprint density at radius 1 is 1.36 bits per heavy atom. The molecule has 6 heteroatoms. The first-order valence-electron chi connectivity index (χ1n) is 3.97. The maximum absolute atomic E-state index is 6.08. The second-order valence-corrected chi connectivity index (χ2v) is 3.81. The van der Waals surface area contributed by atoms with Gasteiger partial charge in [0.05, 0.1) is 6.20 Å². The van der Waals surface area contributed by atoms with Crippen molar-refractivity contribution in [3.05, 3.63) is 28.1 Å². The maximum Gasteiger partial charge on any atom is 0.158 e. The van der Waals surface area contributed by atoms with Crippen LogP contribution >= 0.6 is 34.8 Å². The fourth-order valence-corrected chi connectivity index (χ4v) is 2.04. The Labute approximate surface area is 95.6 Å². The predicted octanol–water partition coefficient (Wildman–Crippen LogP) is 2.82. The van der Waals surface area contributed by atoms with E-state index in [9.17, 15) is 0 Å². The van der Waals surface area contributed by atoms with Gasteiger partial charge in [0.2, 0.25) is 0 Å². The van der Waals surface area contributed by atoms with E-state index in [-0.39, 0.29) is 0 Å². The fourth-order valence-electron chi connectivity index (χ4n) is 1.21. The van der Waals surface area contributed by atoms with Crippen LogP contribution in [0, 0.1) is 0 Å². The van der Waals surface area contributed by atoms with Gasteiger partial charge in [-0.2, -0.15) is 5.10 Å². The van der Waals surface area contributed by atoms with Crippen molar-refractivity contribution < 1.29 is 0 Å². The molecule has 0 aromatic carbocycles. The standard InChI is InChI=1S/C8H6Cl3N3/c9-3-1-5-7(10)13-6-2-4-12-14(6)8(5)11/h2,4H,1,3H2. The zero-order valence-corrected chi connectivity index (χ0v) is 9.31. The molecule has 0 bridgehead atoms. The minimum absolute atomic E-state index is 0.392. The second-order valence-electron chi connectivity index (χ2n) is 2.71. The molecule has 0 unspecified atom stereocenters. The Morgan fingerprint density at radius 2 is 2.14 bits per heavy atom. The van der Waals surface area contributed by atoms with Crippen molar-refractivity contribution in [1.29, 1.82) is 0 Å². The summed E-state index contributed by atoms with van der Waals surface area (Å²) in [5.41, 5.74) is 1.37. The van der Waals surface area contributed by atoms with E-state index in [1.165, 1.54) is 4.52 Å². The highest BCUT2D eigenvalue weighted by Gasteiger charge is 2.11. The van der Waals surface area contributed by atoms with Gasteiger partial charge in [0.15, 0.2) is 5.65 Å². The highest BCUT2D eigenvalue weighted by molar-refractivity contribution is 6.35. The second kappa shape index (κ2) is 3.93. The number of hydrogen-bond acceptors (Lipinski definition) is 2. The highest BCUT2D eigenvalue weighted by Crippen LogP contribution is 2.24.